The zero-order chi connectivity index (χ0) is 12.3. The van der Waals surface area contributed by atoms with Crippen molar-refractivity contribution in [2.45, 2.75) is 18.9 Å². The van der Waals surface area contributed by atoms with Crippen LogP contribution in [0.25, 0.3) is 0 Å². The molecule has 2 rings (SSSR count). The largest absolute Gasteiger partial charge is 0.497 e. The van der Waals surface area contributed by atoms with Gasteiger partial charge in [-0.2, -0.15) is 0 Å². The second-order valence-electron chi connectivity index (χ2n) is 4.41. The van der Waals surface area contributed by atoms with Crippen molar-refractivity contribution >= 4 is 5.91 Å². The molecule has 0 saturated carbocycles. The number of methoxy groups -OCH3 is 1. The number of nitrogens with zero attached hydrogens (tertiary/aromatic N) is 1. The van der Waals surface area contributed by atoms with Crippen LogP contribution in [0, 0.1) is 0 Å². The standard InChI is InChI=1S/C13H18N2O2/c1-17-12-4-2-10(3-5-12)8-13(16)15-7-6-11(14)9-15/h2-5,11H,6-9,14H2,1H3. The van der Waals surface area contributed by atoms with Gasteiger partial charge in [0.05, 0.1) is 13.5 Å². The smallest absolute Gasteiger partial charge is 0.227 e. The average Bonchev–Trinajstić information content (AvgIpc) is 2.77. The van der Waals surface area contributed by atoms with Gasteiger partial charge in [-0.05, 0) is 24.1 Å². The number of rotatable bonds is 3. The van der Waals surface area contributed by atoms with E-state index >= 15 is 0 Å². The lowest BCUT2D eigenvalue weighted by molar-refractivity contribution is -0.129. The summed E-state index contributed by atoms with van der Waals surface area (Å²) in [6.45, 7) is 1.48. The van der Waals surface area contributed by atoms with Crippen LogP contribution in [-0.2, 0) is 11.2 Å². The highest BCUT2D eigenvalue weighted by Gasteiger charge is 2.23. The number of amides is 1. The van der Waals surface area contributed by atoms with Crippen LogP contribution in [0.5, 0.6) is 5.75 Å². The molecule has 1 heterocycles. The van der Waals surface area contributed by atoms with Crippen LogP contribution in [0.2, 0.25) is 0 Å². The fraction of sp³-hybridized carbons (Fsp3) is 0.462. The van der Waals surface area contributed by atoms with Gasteiger partial charge in [-0.1, -0.05) is 12.1 Å². The van der Waals surface area contributed by atoms with Crippen LogP contribution >= 0.6 is 0 Å². The fourth-order valence-electron chi connectivity index (χ4n) is 2.04. The van der Waals surface area contributed by atoms with Gasteiger partial charge in [0.2, 0.25) is 5.91 Å². The number of hydrogen-bond acceptors (Lipinski definition) is 3. The molecule has 1 fully saturated rings. The van der Waals surface area contributed by atoms with E-state index in [1.54, 1.807) is 7.11 Å². The molecule has 1 atom stereocenters. The van der Waals surface area contributed by atoms with Gasteiger partial charge in [0.1, 0.15) is 5.75 Å². The molecule has 1 aromatic carbocycles. The van der Waals surface area contributed by atoms with Crippen LogP contribution in [-0.4, -0.2) is 37.0 Å². The van der Waals surface area contributed by atoms with Gasteiger partial charge in [0.25, 0.3) is 0 Å². The topological polar surface area (TPSA) is 55.6 Å². The molecule has 1 aromatic rings. The van der Waals surface area contributed by atoms with Crippen molar-refractivity contribution < 1.29 is 9.53 Å². The number of benzene rings is 1. The zero-order valence-electron chi connectivity index (χ0n) is 10.1. The summed E-state index contributed by atoms with van der Waals surface area (Å²) in [4.78, 5) is 13.8. The Kier molecular flexibility index (Phi) is 3.64. The predicted molar refractivity (Wildman–Crippen MR) is 65.9 cm³/mol. The number of carbonyl (C=O) groups is 1. The molecule has 0 aliphatic carbocycles. The quantitative estimate of drug-likeness (QED) is 0.841. The summed E-state index contributed by atoms with van der Waals surface area (Å²) in [5.41, 5.74) is 6.79. The highest BCUT2D eigenvalue weighted by molar-refractivity contribution is 5.79. The maximum absolute atomic E-state index is 12.0. The molecule has 1 aliphatic rings. The summed E-state index contributed by atoms with van der Waals surface area (Å²) in [6.07, 6.45) is 1.35. The van der Waals surface area contributed by atoms with Crippen molar-refractivity contribution in [2.24, 2.45) is 5.73 Å². The number of hydrogen-bond donors (Lipinski definition) is 1. The van der Waals surface area contributed by atoms with E-state index < -0.39 is 0 Å². The van der Waals surface area contributed by atoms with Gasteiger partial charge in [-0.25, -0.2) is 0 Å². The first-order valence-electron chi connectivity index (χ1n) is 5.85. The molecule has 1 saturated heterocycles. The Morgan fingerprint density at radius 3 is 2.71 bits per heavy atom. The maximum Gasteiger partial charge on any atom is 0.227 e. The van der Waals surface area contributed by atoms with E-state index in [1.165, 1.54) is 0 Å². The Hall–Kier alpha value is -1.55. The second-order valence-corrected chi connectivity index (χ2v) is 4.41. The van der Waals surface area contributed by atoms with Gasteiger partial charge in [-0.3, -0.25) is 4.79 Å². The van der Waals surface area contributed by atoms with Gasteiger partial charge in [-0.15, -0.1) is 0 Å². The molecule has 1 unspecified atom stereocenters. The Morgan fingerprint density at radius 2 is 2.18 bits per heavy atom. The lowest BCUT2D eigenvalue weighted by Crippen LogP contribution is -2.32. The summed E-state index contributed by atoms with van der Waals surface area (Å²) in [7, 11) is 1.63. The molecule has 0 radical (unpaired) electrons. The minimum absolute atomic E-state index is 0.148. The first-order chi connectivity index (χ1) is 8.19. The Bertz CT molecular complexity index is 389. The van der Waals surface area contributed by atoms with Crippen LogP contribution in [0.4, 0.5) is 0 Å². The third-order valence-electron chi connectivity index (χ3n) is 3.09. The van der Waals surface area contributed by atoms with Crippen LogP contribution in [0.1, 0.15) is 12.0 Å². The number of ether oxygens (including phenoxy) is 1. The molecular formula is C13H18N2O2. The fourth-order valence-corrected chi connectivity index (χ4v) is 2.04. The summed E-state index contributed by atoms with van der Waals surface area (Å²) < 4.78 is 5.08. The Labute approximate surface area is 101 Å². The van der Waals surface area contributed by atoms with E-state index in [2.05, 4.69) is 0 Å². The average molecular weight is 234 g/mol. The SMILES string of the molecule is COc1ccc(CC(=O)N2CCC(N)C2)cc1. The van der Waals surface area contributed by atoms with E-state index in [0.717, 1.165) is 24.3 Å². The molecule has 0 spiro atoms. The highest BCUT2D eigenvalue weighted by atomic mass is 16.5. The van der Waals surface area contributed by atoms with Crippen LogP contribution < -0.4 is 10.5 Å². The first-order valence-corrected chi connectivity index (χ1v) is 5.85. The van der Waals surface area contributed by atoms with Crippen molar-refractivity contribution in [1.82, 2.24) is 4.90 Å². The molecule has 17 heavy (non-hydrogen) atoms. The van der Waals surface area contributed by atoms with Crippen molar-refractivity contribution in [3.8, 4) is 5.75 Å². The van der Waals surface area contributed by atoms with E-state index in [0.29, 0.717) is 13.0 Å². The molecule has 0 aromatic heterocycles. The molecule has 4 nitrogen and oxygen atoms in total. The first kappa shape index (κ1) is 11.9. The van der Waals surface area contributed by atoms with Crippen molar-refractivity contribution in [3.05, 3.63) is 29.8 Å². The summed E-state index contributed by atoms with van der Waals surface area (Å²) in [5.74, 6) is 0.965. The van der Waals surface area contributed by atoms with E-state index in [9.17, 15) is 4.79 Å². The van der Waals surface area contributed by atoms with E-state index in [-0.39, 0.29) is 11.9 Å². The normalized spacial score (nSPS) is 19.4. The third-order valence-corrected chi connectivity index (χ3v) is 3.09. The van der Waals surface area contributed by atoms with Gasteiger partial charge >= 0.3 is 0 Å². The molecule has 1 aliphatic heterocycles. The Balaban J connectivity index is 1.93. The molecular weight excluding hydrogens is 216 g/mol. The molecule has 0 bridgehead atoms. The van der Waals surface area contributed by atoms with Gasteiger partial charge < -0.3 is 15.4 Å². The summed E-state index contributed by atoms with van der Waals surface area (Å²) in [6, 6.07) is 7.74. The maximum atomic E-state index is 12.0. The highest BCUT2D eigenvalue weighted by Crippen LogP contribution is 2.14. The van der Waals surface area contributed by atoms with E-state index in [4.69, 9.17) is 10.5 Å². The van der Waals surface area contributed by atoms with Gasteiger partial charge in [0.15, 0.2) is 0 Å². The summed E-state index contributed by atoms with van der Waals surface area (Å²) >= 11 is 0. The number of likely N-dealkylation sites (tertiary alicyclic amines) is 1. The summed E-state index contributed by atoms with van der Waals surface area (Å²) in [5, 5.41) is 0. The van der Waals surface area contributed by atoms with Crippen molar-refractivity contribution in [2.75, 3.05) is 20.2 Å². The van der Waals surface area contributed by atoms with E-state index in [1.807, 2.05) is 29.2 Å². The lowest BCUT2D eigenvalue weighted by Gasteiger charge is -2.15. The Morgan fingerprint density at radius 1 is 1.47 bits per heavy atom. The predicted octanol–water partition coefficient (Wildman–Crippen LogP) is 0.797. The second kappa shape index (κ2) is 5.19. The molecule has 4 heteroatoms. The molecule has 1 amide bonds. The molecule has 2 N–H and O–H groups in total. The van der Waals surface area contributed by atoms with Gasteiger partial charge in [0, 0.05) is 19.1 Å². The van der Waals surface area contributed by atoms with Crippen molar-refractivity contribution in [1.29, 1.82) is 0 Å². The number of nitrogens with two attached hydrogens (primary N) is 1. The monoisotopic (exact) mass is 234 g/mol. The lowest BCUT2D eigenvalue weighted by atomic mass is 10.1. The third kappa shape index (κ3) is 2.97. The zero-order valence-corrected chi connectivity index (χ0v) is 10.1. The van der Waals surface area contributed by atoms with Crippen molar-refractivity contribution in [3.63, 3.8) is 0 Å². The number of carbonyl (C=O) groups excluding carboxylic acids is 1. The minimum atomic E-state index is 0.148. The van der Waals surface area contributed by atoms with Crippen LogP contribution in [0.3, 0.4) is 0 Å². The molecule has 92 valence electrons. The minimum Gasteiger partial charge on any atom is -0.497 e. The van der Waals surface area contributed by atoms with Crippen LogP contribution in [0.15, 0.2) is 24.3 Å².